The van der Waals surface area contributed by atoms with Crippen molar-refractivity contribution in [3.63, 3.8) is 0 Å². The minimum atomic E-state index is -0.839. The highest BCUT2D eigenvalue weighted by Crippen LogP contribution is 2.11. The zero-order valence-corrected chi connectivity index (χ0v) is 37.3. The molecule has 0 aromatic heterocycles. The number of unbranched alkanes of at least 4 members (excludes halogenated alkanes) is 13. The summed E-state index contributed by atoms with van der Waals surface area (Å²) in [7, 11) is 0. The van der Waals surface area contributed by atoms with Gasteiger partial charge in [0, 0.05) is 19.3 Å². The van der Waals surface area contributed by atoms with Crippen molar-refractivity contribution in [2.75, 3.05) is 13.2 Å². The van der Waals surface area contributed by atoms with Crippen molar-refractivity contribution in [2.45, 2.75) is 200 Å². The highest BCUT2D eigenvalue weighted by Gasteiger charge is 2.19. The second-order valence-corrected chi connectivity index (χ2v) is 14.9. The van der Waals surface area contributed by atoms with E-state index >= 15 is 0 Å². The maximum Gasteiger partial charge on any atom is 0.306 e. The largest absolute Gasteiger partial charge is 0.462 e. The van der Waals surface area contributed by atoms with Crippen LogP contribution in [0, 0.1) is 0 Å². The minimum Gasteiger partial charge on any atom is -0.462 e. The van der Waals surface area contributed by atoms with E-state index in [9.17, 15) is 14.4 Å². The number of hydrogen-bond acceptors (Lipinski definition) is 6. The van der Waals surface area contributed by atoms with Crippen LogP contribution in [0.3, 0.4) is 0 Å². The first kappa shape index (κ1) is 54.3. The Kier molecular flexibility index (Phi) is 43.1. The zero-order chi connectivity index (χ0) is 42.3. The molecule has 6 heteroatoms. The van der Waals surface area contributed by atoms with Gasteiger partial charge in [-0.1, -0.05) is 182 Å². The highest BCUT2D eigenvalue weighted by atomic mass is 16.6. The molecule has 0 heterocycles. The van der Waals surface area contributed by atoms with Gasteiger partial charge in [-0.05, 0) is 89.9 Å². The van der Waals surface area contributed by atoms with Crippen molar-refractivity contribution in [3.05, 3.63) is 97.2 Å². The molecule has 0 aromatic carbocycles. The van der Waals surface area contributed by atoms with E-state index in [1.165, 1.54) is 64.2 Å². The molecule has 0 saturated heterocycles. The fourth-order valence-corrected chi connectivity index (χ4v) is 5.82. The molecule has 58 heavy (non-hydrogen) atoms. The highest BCUT2D eigenvalue weighted by molar-refractivity contribution is 5.71. The molecule has 0 aliphatic rings. The maximum absolute atomic E-state index is 12.7. The van der Waals surface area contributed by atoms with Crippen molar-refractivity contribution in [3.8, 4) is 0 Å². The summed E-state index contributed by atoms with van der Waals surface area (Å²) in [6.07, 6.45) is 59.9. The molecule has 0 fully saturated rings. The van der Waals surface area contributed by atoms with Gasteiger partial charge in [-0.25, -0.2) is 0 Å². The van der Waals surface area contributed by atoms with Crippen LogP contribution in [-0.4, -0.2) is 37.2 Å². The van der Waals surface area contributed by atoms with Crippen LogP contribution >= 0.6 is 0 Å². The average molecular weight is 805 g/mol. The van der Waals surface area contributed by atoms with Crippen molar-refractivity contribution in [1.82, 2.24) is 0 Å². The van der Waals surface area contributed by atoms with E-state index in [4.69, 9.17) is 14.2 Å². The van der Waals surface area contributed by atoms with Crippen LogP contribution in [0.5, 0.6) is 0 Å². The second kappa shape index (κ2) is 46.0. The molecule has 6 nitrogen and oxygen atoms in total. The standard InChI is InChI=1S/C52H84O6/c1-4-7-10-13-16-19-22-24-25-26-28-30-33-36-39-42-45-51(54)57-48-49(47-56-50(53)44-41-38-35-32-29-21-18-15-12-9-6-3)58-52(55)46-43-40-37-34-31-27-23-20-17-14-11-8-5-2/h7,10,15-16,18-19,24-25,27-28,30-31,36-37,39-40,49H,4-6,8-9,11-14,17,20-23,26,29,32-35,38,41-48H2,1-3H3/b10-7-,18-15-,19-16-,25-24-,30-28-,31-27-,39-36-,40-37-. The van der Waals surface area contributed by atoms with Crippen LogP contribution in [0.4, 0.5) is 0 Å². The molecule has 0 saturated carbocycles. The normalized spacial score (nSPS) is 12.9. The Bertz CT molecular complexity index is 1200. The van der Waals surface area contributed by atoms with Gasteiger partial charge in [-0.15, -0.1) is 0 Å². The van der Waals surface area contributed by atoms with Gasteiger partial charge in [0.2, 0.25) is 0 Å². The van der Waals surface area contributed by atoms with Crippen molar-refractivity contribution in [2.24, 2.45) is 0 Å². The number of hydrogen-bond donors (Lipinski definition) is 0. The molecule has 1 atom stereocenters. The van der Waals surface area contributed by atoms with Crippen LogP contribution in [0.25, 0.3) is 0 Å². The Morgan fingerprint density at radius 1 is 0.362 bits per heavy atom. The van der Waals surface area contributed by atoms with E-state index < -0.39 is 12.1 Å². The molecule has 0 aliphatic heterocycles. The van der Waals surface area contributed by atoms with E-state index in [1.54, 1.807) is 0 Å². The van der Waals surface area contributed by atoms with Gasteiger partial charge >= 0.3 is 17.9 Å². The van der Waals surface area contributed by atoms with Gasteiger partial charge in [-0.3, -0.25) is 14.4 Å². The van der Waals surface area contributed by atoms with E-state index in [1.807, 2.05) is 18.2 Å². The third-order valence-electron chi connectivity index (χ3n) is 9.32. The topological polar surface area (TPSA) is 78.9 Å². The Morgan fingerprint density at radius 2 is 0.724 bits per heavy atom. The molecular formula is C52H84O6. The van der Waals surface area contributed by atoms with Crippen LogP contribution in [0.15, 0.2) is 97.2 Å². The minimum absolute atomic E-state index is 0.129. The number of carbonyl (C=O) groups is 3. The Morgan fingerprint density at radius 3 is 1.22 bits per heavy atom. The van der Waals surface area contributed by atoms with Crippen LogP contribution in [0.2, 0.25) is 0 Å². The molecule has 0 aliphatic carbocycles. The van der Waals surface area contributed by atoms with E-state index in [2.05, 4.69) is 99.8 Å². The predicted octanol–water partition coefficient (Wildman–Crippen LogP) is 15.0. The summed E-state index contributed by atoms with van der Waals surface area (Å²) in [6, 6.07) is 0. The van der Waals surface area contributed by atoms with E-state index in [0.717, 1.165) is 77.0 Å². The summed E-state index contributed by atoms with van der Waals surface area (Å²) in [5.41, 5.74) is 0. The number of ether oxygens (including phenoxy) is 3. The summed E-state index contributed by atoms with van der Waals surface area (Å²) in [6.45, 7) is 6.32. The predicted molar refractivity (Wildman–Crippen MR) is 247 cm³/mol. The molecule has 0 N–H and O–H groups in total. The summed E-state index contributed by atoms with van der Waals surface area (Å²) in [5.74, 6) is -1.10. The van der Waals surface area contributed by atoms with Crippen molar-refractivity contribution in [1.29, 1.82) is 0 Å². The summed E-state index contributed by atoms with van der Waals surface area (Å²) >= 11 is 0. The number of esters is 3. The molecule has 328 valence electrons. The second-order valence-electron chi connectivity index (χ2n) is 14.9. The number of allylic oxidation sites excluding steroid dienone is 16. The van der Waals surface area contributed by atoms with Gasteiger partial charge in [0.1, 0.15) is 13.2 Å². The third-order valence-corrected chi connectivity index (χ3v) is 9.32. The lowest BCUT2D eigenvalue weighted by molar-refractivity contribution is -0.166. The van der Waals surface area contributed by atoms with E-state index in [0.29, 0.717) is 19.3 Å². The van der Waals surface area contributed by atoms with E-state index in [-0.39, 0.29) is 38.0 Å². The van der Waals surface area contributed by atoms with Crippen LogP contribution in [0.1, 0.15) is 194 Å². The summed E-state index contributed by atoms with van der Waals surface area (Å²) in [4.78, 5) is 37.7. The molecule has 0 spiro atoms. The van der Waals surface area contributed by atoms with Crippen LogP contribution in [-0.2, 0) is 28.6 Å². The maximum atomic E-state index is 12.7. The average Bonchev–Trinajstić information content (AvgIpc) is 3.22. The Labute approximate surface area is 356 Å². The van der Waals surface area contributed by atoms with Gasteiger partial charge in [-0.2, -0.15) is 0 Å². The van der Waals surface area contributed by atoms with Gasteiger partial charge in [0.15, 0.2) is 6.10 Å². The lowest BCUT2D eigenvalue weighted by Gasteiger charge is -2.18. The first-order valence-electron chi connectivity index (χ1n) is 23.2. The SMILES string of the molecule is CC/C=C\C/C=C\C/C=C\C/C=C\C/C=C\CCC(=O)OCC(COC(=O)CCCCCCC/C=C\CCCC)OC(=O)CC/C=C\C/C=C\CCCCCCCC. The lowest BCUT2D eigenvalue weighted by atomic mass is 10.1. The Balaban J connectivity index is 4.59. The van der Waals surface area contributed by atoms with Gasteiger partial charge in [0.25, 0.3) is 0 Å². The lowest BCUT2D eigenvalue weighted by Crippen LogP contribution is -2.30. The van der Waals surface area contributed by atoms with Gasteiger partial charge < -0.3 is 14.2 Å². The van der Waals surface area contributed by atoms with Crippen LogP contribution < -0.4 is 0 Å². The fraction of sp³-hybridized carbons (Fsp3) is 0.635. The first-order chi connectivity index (χ1) is 28.5. The third kappa shape index (κ3) is 43.5. The molecule has 0 radical (unpaired) electrons. The Hall–Kier alpha value is -3.67. The molecule has 0 amide bonds. The van der Waals surface area contributed by atoms with Crippen molar-refractivity contribution < 1.29 is 28.6 Å². The van der Waals surface area contributed by atoms with Gasteiger partial charge in [0.05, 0.1) is 0 Å². The molecule has 0 bridgehead atoms. The quantitative estimate of drug-likeness (QED) is 0.0266. The first-order valence-corrected chi connectivity index (χ1v) is 23.2. The monoisotopic (exact) mass is 805 g/mol. The molecule has 0 rings (SSSR count). The molecule has 0 aromatic rings. The van der Waals surface area contributed by atoms with Crippen molar-refractivity contribution >= 4 is 17.9 Å². The molecule has 1 unspecified atom stereocenters. The zero-order valence-electron chi connectivity index (χ0n) is 37.3. The summed E-state index contributed by atoms with van der Waals surface area (Å²) in [5, 5.41) is 0. The smallest absolute Gasteiger partial charge is 0.306 e. The summed E-state index contributed by atoms with van der Waals surface area (Å²) < 4.78 is 16.6. The fourth-order valence-electron chi connectivity index (χ4n) is 5.82. The number of carbonyl (C=O) groups excluding carboxylic acids is 3. The molecular weight excluding hydrogens is 721 g/mol. The number of rotatable bonds is 40.